The summed E-state index contributed by atoms with van der Waals surface area (Å²) >= 11 is 3.74. The van der Waals surface area contributed by atoms with Crippen LogP contribution >= 0.6 is 22.7 Å². The summed E-state index contributed by atoms with van der Waals surface area (Å²) in [6.45, 7) is 2.19. The third-order valence-electron chi connectivity index (χ3n) is 7.27. The van der Waals surface area contributed by atoms with Crippen LogP contribution in [0.25, 0.3) is 73.7 Å². The number of rotatable bonds is 1. The first-order valence-electron chi connectivity index (χ1n) is 11.7. The Balaban J connectivity index is 1.46. The lowest BCUT2D eigenvalue weighted by atomic mass is 9.99. The van der Waals surface area contributed by atoms with Gasteiger partial charge in [-0.25, -0.2) is 0 Å². The Bertz CT molecular complexity index is 2140. The van der Waals surface area contributed by atoms with Crippen LogP contribution in [0.15, 0.2) is 89.3 Å². The zero-order valence-corrected chi connectivity index (χ0v) is 20.9. The fraction of sp³-hybridized carbons (Fsp3) is 0.0645. The van der Waals surface area contributed by atoms with Gasteiger partial charge in [0.1, 0.15) is 22.9 Å². The molecule has 0 unspecified atom stereocenters. The van der Waals surface area contributed by atoms with E-state index in [1.165, 1.54) is 68.1 Å². The van der Waals surface area contributed by atoms with Gasteiger partial charge in [-0.15, -0.1) is 0 Å². The molecular formula is C31H20NOS2+. The van der Waals surface area contributed by atoms with E-state index in [1.54, 1.807) is 0 Å². The highest BCUT2D eigenvalue weighted by molar-refractivity contribution is 7.32. The second-order valence-corrected chi connectivity index (χ2v) is 11.3. The van der Waals surface area contributed by atoms with Gasteiger partial charge in [0.25, 0.3) is 9.84 Å². The van der Waals surface area contributed by atoms with Crippen LogP contribution in [0.4, 0.5) is 0 Å². The van der Waals surface area contributed by atoms with Crippen LogP contribution in [0, 0.1) is 6.92 Å². The lowest BCUT2D eigenvalue weighted by Gasteiger charge is -2.04. The van der Waals surface area contributed by atoms with Gasteiger partial charge < -0.3 is 4.42 Å². The summed E-state index contributed by atoms with van der Waals surface area (Å²) in [6, 6.07) is 30.7. The van der Waals surface area contributed by atoms with Crippen molar-refractivity contribution >= 4 is 85.8 Å². The molecule has 0 amide bonds. The molecule has 2 nitrogen and oxygen atoms in total. The van der Waals surface area contributed by atoms with Gasteiger partial charge in [0.15, 0.2) is 5.58 Å². The molecule has 3 heterocycles. The number of thiophene rings is 1. The van der Waals surface area contributed by atoms with Crippen molar-refractivity contribution < 1.29 is 8.98 Å². The minimum Gasteiger partial charge on any atom is -0.455 e. The van der Waals surface area contributed by atoms with E-state index in [1.807, 2.05) is 22.7 Å². The molecule has 0 atom stereocenters. The third kappa shape index (κ3) is 2.61. The highest BCUT2D eigenvalue weighted by atomic mass is 32.1. The molecule has 0 spiro atoms. The fourth-order valence-corrected chi connectivity index (χ4v) is 8.24. The van der Waals surface area contributed by atoms with Crippen LogP contribution in [0.5, 0.6) is 0 Å². The summed E-state index contributed by atoms with van der Waals surface area (Å²) in [6.07, 6.45) is 0. The zero-order valence-electron chi connectivity index (χ0n) is 19.3. The second-order valence-electron chi connectivity index (χ2n) is 9.29. The number of benzene rings is 5. The van der Waals surface area contributed by atoms with Crippen molar-refractivity contribution in [2.24, 2.45) is 7.05 Å². The van der Waals surface area contributed by atoms with Gasteiger partial charge in [0.05, 0.1) is 0 Å². The molecular weight excluding hydrogens is 466 g/mol. The van der Waals surface area contributed by atoms with Gasteiger partial charge in [-0.2, -0.15) is 4.57 Å². The van der Waals surface area contributed by atoms with Crippen LogP contribution in [-0.2, 0) is 7.05 Å². The van der Waals surface area contributed by atoms with Crippen molar-refractivity contribution in [1.82, 2.24) is 0 Å². The average molecular weight is 487 g/mol. The fourth-order valence-electron chi connectivity index (χ4n) is 5.51. The van der Waals surface area contributed by atoms with Gasteiger partial charge in [0, 0.05) is 20.9 Å². The molecule has 4 heteroatoms. The van der Waals surface area contributed by atoms with E-state index in [4.69, 9.17) is 4.42 Å². The van der Waals surface area contributed by atoms with E-state index >= 15 is 0 Å². The largest absolute Gasteiger partial charge is 0.455 e. The first-order valence-corrected chi connectivity index (χ1v) is 13.4. The zero-order chi connectivity index (χ0) is 23.3. The number of furan rings is 1. The van der Waals surface area contributed by atoms with Crippen LogP contribution in [0.2, 0.25) is 0 Å². The first kappa shape index (κ1) is 19.6. The van der Waals surface area contributed by atoms with E-state index in [2.05, 4.69) is 103 Å². The van der Waals surface area contributed by atoms with E-state index in [0.717, 1.165) is 11.2 Å². The van der Waals surface area contributed by atoms with Crippen molar-refractivity contribution in [2.75, 3.05) is 0 Å². The second kappa shape index (κ2) is 6.91. The SMILES string of the molecule is Cc1ccc2c(oc3cc4c(ccc5ccccc54)cc32)c1-c1sc2c3ccccc3sc2[n+]1C. The normalized spacial score (nSPS) is 12.3. The van der Waals surface area contributed by atoms with Crippen LogP contribution < -0.4 is 4.57 Å². The molecule has 8 aromatic rings. The number of fused-ring (bicyclic) bond motifs is 9. The molecule has 0 bridgehead atoms. The molecule has 0 aliphatic carbocycles. The van der Waals surface area contributed by atoms with Gasteiger partial charge in [-0.05, 0) is 52.2 Å². The predicted octanol–water partition coefficient (Wildman–Crippen LogP) is 9.12. The summed E-state index contributed by atoms with van der Waals surface area (Å²) in [7, 11) is 2.19. The molecule has 5 aromatic carbocycles. The summed E-state index contributed by atoms with van der Waals surface area (Å²) < 4.78 is 11.7. The number of thiazole rings is 1. The maximum atomic E-state index is 6.69. The molecule has 0 saturated heterocycles. The minimum absolute atomic E-state index is 0.946. The molecule has 0 aliphatic rings. The van der Waals surface area contributed by atoms with Crippen molar-refractivity contribution in [2.45, 2.75) is 6.92 Å². The van der Waals surface area contributed by atoms with Crippen molar-refractivity contribution in [3.63, 3.8) is 0 Å². The number of hydrogen-bond donors (Lipinski definition) is 0. The van der Waals surface area contributed by atoms with Crippen LogP contribution in [0.1, 0.15) is 5.56 Å². The lowest BCUT2D eigenvalue weighted by Crippen LogP contribution is -2.27. The van der Waals surface area contributed by atoms with Crippen LogP contribution in [0.3, 0.4) is 0 Å². The van der Waals surface area contributed by atoms with Crippen molar-refractivity contribution in [3.8, 4) is 10.6 Å². The Hall–Kier alpha value is -3.73. The summed E-state index contributed by atoms with van der Waals surface area (Å²) in [5, 5.41) is 9.94. The van der Waals surface area contributed by atoms with Crippen molar-refractivity contribution in [3.05, 3.63) is 90.5 Å². The molecule has 8 rings (SSSR count). The van der Waals surface area contributed by atoms with E-state index < -0.39 is 0 Å². The van der Waals surface area contributed by atoms with Crippen molar-refractivity contribution in [1.29, 1.82) is 0 Å². The molecule has 166 valence electrons. The Morgan fingerprint density at radius 3 is 2.40 bits per heavy atom. The highest BCUT2D eigenvalue weighted by Gasteiger charge is 2.27. The summed E-state index contributed by atoms with van der Waals surface area (Å²) in [5.74, 6) is 0. The number of aryl methyl sites for hydroxylation is 2. The first-order chi connectivity index (χ1) is 17.2. The molecule has 0 N–H and O–H groups in total. The molecule has 0 saturated carbocycles. The Labute approximate surface area is 209 Å². The summed E-state index contributed by atoms with van der Waals surface area (Å²) in [4.78, 5) is 1.32. The number of hydrogen-bond acceptors (Lipinski definition) is 3. The maximum Gasteiger partial charge on any atom is 0.281 e. The molecule has 0 fully saturated rings. The molecule has 0 radical (unpaired) electrons. The monoisotopic (exact) mass is 486 g/mol. The average Bonchev–Trinajstić information content (AvgIpc) is 3.53. The van der Waals surface area contributed by atoms with Gasteiger partial charge in [-0.1, -0.05) is 89.4 Å². The predicted molar refractivity (Wildman–Crippen MR) is 151 cm³/mol. The Kier molecular flexibility index (Phi) is 3.86. The van der Waals surface area contributed by atoms with Gasteiger partial charge in [-0.3, -0.25) is 0 Å². The Morgan fingerprint density at radius 2 is 1.49 bits per heavy atom. The Morgan fingerprint density at radius 1 is 0.686 bits per heavy atom. The van der Waals surface area contributed by atoms with Gasteiger partial charge in [0.2, 0.25) is 0 Å². The highest BCUT2D eigenvalue weighted by Crippen LogP contribution is 2.44. The smallest absolute Gasteiger partial charge is 0.281 e. The molecule has 0 aliphatic heterocycles. The summed E-state index contributed by atoms with van der Waals surface area (Å²) in [5.41, 5.74) is 4.36. The molecule has 3 aromatic heterocycles. The van der Waals surface area contributed by atoms with Gasteiger partial charge >= 0.3 is 0 Å². The molecule has 35 heavy (non-hydrogen) atoms. The van der Waals surface area contributed by atoms with Crippen LogP contribution in [-0.4, -0.2) is 0 Å². The standard InChI is InChI=1S/C31H20NOS2/c1-17-11-14-21-24-15-19-13-12-18-7-3-4-8-20(18)23(19)16-25(24)33-28(21)27(17)30-32(2)31-29(35-30)22-9-5-6-10-26(22)34-31/h3-16H,1-2H3/q+1. The van der Waals surface area contributed by atoms with E-state index in [0.29, 0.717) is 0 Å². The lowest BCUT2D eigenvalue weighted by molar-refractivity contribution is -0.627. The topological polar surface area (TPSA) is 17.0 Å². The quantitative estimate of drug-likeness (QED) is 0.167. The maximum absolute atomic E-state index is 6.69. The third-order valence-corrected chi connectivity index (χ3v) is 9.93. The van der Waals surface area contributed by atoms with E-state index in [9.17, 15) is 0 Å². The number of nitrogens with zero attached hydrogens (tertiary/aromatic N) is 1. The minimum atomic E-state index is 0.946. The number of aromatic nitrogens is 1. The van der Waals surface area contributed by atoms with E-state index in [-0.39, 0.29) is 0 Å².